The third-order valence-electron chi connectivity index (χ3n) is 5.04. The van der Waals surface area contributed by atoms with Gasteiger partial charge in [-0.25, -0.2) is 4.57 Å². The van der Waals surface area contributed by atoms with E-state index in [4.69, 9.17) is 0 Å². The fraction of sp³-hybridized carbons (Fsp3) is 0.0870. The molecule has 2 aromatic heterocycles. The van der Waals surface area contributed by atoms with E-state index < -0.39 is 0 Å². The molecule has 0 N–H and O–H groups in total. The monoisotopic (exact) mass is 340 g/mol. The summed E-state index contributed by atoms with van der Waals surface area (Å²) in [6.45, 7) is 2.22. The second-order valence-electron chi connectivity index (χ2n) is 6.59. The summed E-state index contributed by atoms with van der Waals surface area (Å²) in [5.74, 6) is 0. The van der Waals surface area contributed by atoms with E-state index in [2.05, 4.69) is 91.5 Å². The van der Waals surface area contributed by atoms with Crippen LogP contribution in [0, 0.1) is 6.92 Å². The minimum absolute atomic E-state index is 1.29. The Labute approximate surface area is 150 Å². The topological polar surface area (TPSA) is 3.88 Å². The Morgan fingerprint density at radius 2 is 1.52 bits per heavy atom. The minimum atomic E-state index is 1.29. The molecular formula is C23H18NS+. The molecule has 0 spiro atoms. The maximum Gasteiger partial charge on any atom is 0.221 e. The molecule has 0 fully saturated rings. The van der Waals surface area contributed by atoms with Crippen LogP contribution in [0.2, 0.25) is 0 Å². The molecule has 0 aliphatic rings. The largest absolute Gasteiger partial charge is 0.221 e. The molecule has 0 aliphatic heterocycles. The number of nitrogens with zero attached hydrogens (tertiary/aromatic N) is 1. The maximum atomic E-state index is 2.28. The number of hydrogen-bond donors (Lipinski definition) is 0. The Hall–Kier alpha value is -2.71. The van der Waals surface area contributed by atoms with Crippen LogP contribution in [0.5, 0.6) is 0 Å². The predicted molar refractivity (Wildman–Crippen MR) is 108 cm³/mol. The van der Waals surface area contributed by atoms with Gasteiger partial charge in [0.2, 0.25) is 5.69 Å². The minimum Gasteiger partial charge on any atom is -0.200 e. The van der Waals surface area contributed by atoms with Crippen molar-refractivity contribution in [3.05, 3.63) is 78.5 Å². The lowest BCUT2D eigenvalue weighted by Gasteiger charge is -2.09. The van der Waals surface area contributed by atoms with E-state index in [1.807, 2.05) is 11.3 Å². The first kappa shape index (κ1) is 14.6. The van der Waals surface area contributed by atoms with Crippen LogP contribution in [0.25, 0.3) is 42.2 Å². The Balaban J connectivity index is 2.00. The molecule has 2 heteroatoms. The number of aryl methyl sites for hydroxylation is 2. The molecule has 0 atom stereocenters. The highest BCUT2D eigenvalue weighted by Gasteiger charge is 2.21. The van der Waals surface area contributed by atoms with Gasteiger partial charge >= 0.3 is 0 Å². The molecule has 2 heterocycles. The first-order chi connectivity index (χ1) is 12.2. The molecule has 25 heavy (non-hydrogen) atoms. The average Bonchev–Trinajstić information content (AvgIpc) is 3.01. The standard InChI is InChI=1S/C23H18NS/c1-15-11-12-19-18-9-5-6-10-20(18)25-23(19)21(15)22-17-8-4-3-7-16(17)13-14-24(22)2/h3-14H,1-2H3/q+1. The summed E-state index contributed by atoms with van der Waals surface area (Å²) < 4.78 is 4.99. The van der Waals surface area contributed by atoms with Crippen molar-refractivity contribution >= 4 is 42.3 Å². The van der Waals surface area contributed by atoms with Gasteiger partial charge in [-0.3, -0.25) is 0 Å². The molecule has 0 saturated carbocycles. The van der Waals surface area contributed by atoms with Gasteiger partial charge in [-0.05, 0) is 30.0 Å². The van der Waals surface area contributed by atoms with Gasteiger partial charge < -0.3 is 0 Å². The highest BCUT2D eigenvalue weighted by molar-refractivity contribution is 7.26. The predicted octanol–water partition coefficient (Wildman–Crippen LogP) is 6.01. The summed E-state index contributed by atoms with van der Waals surface area (Å²) in [7, 11) is 2.15. The van der Waals surface area contributed by atoms with Gasteiger partial charge in [0.25, 0.3) is 0 Å². The van der Waals surface area contributed by atoms with E-state index in [0.717, 1.165) is 0 Å². The van der Waals surface area contributed by atoms with E-state index in [1.165, 1.54) is 47.8 Å². The van der Waals surface area contributed by atoms with Gasteiger partial charge in [-0.1, -0.05) is 48.5 Å². The van der Waals surface area contributed by atoms with Crippen molar-refractivity contribution in [2.45, 2.75) is 6.92 Å². The fourth-order valence-electron chi connectivity index (χ4n) is 3.81. The van der Waals surface area contributed by atoms with Crippen LogP contribution in [0.4, 0.5) is 0 Å². The second kappa shape index (κ2) is 5.40. The van der Waals surface area contributed by atoms with Crippen LogP contribution < -0.4 is 4.57 Å². The summed E-state index contributed by atoms with van der Waals surface area (Å²) in [5, 5.41) is 5.30. The van der Waals surface area contributed by atoms with Gasteiger partial charge in [0.1, 0.15) is 7.05 Å². The lowest BCUT2D eigenvalue weighted by molar-refractivity contribution is -0.659. The first-order valence-electron chi connectivity index (χ1n) is 8.52. The van der Waals surface area contributed by atoms with Crippen molar-refractivity contribution in [2.24, 2.45) is 7.05 Å². The van der Waals surface area contributed by atoms with Crippen LogP contribution in [-0.2, 0) is 7.05 Å². The van der Waals surface area contributed by atoms with Gasteiger partial charge in [0.15, 0.2) is 6.20 Å². The van der Waals surface area contributed by atoms with Crippen molar-refractivity contribution in [3.63, 3.8) is 0 Å². The van der Waals surface area contributed by atoms with Crippen molar-refractivity contribution in [1.82, 2.24) is 0 Å². The van der Waals surface area contributed by atoms with Crippen molar-refractivity contribution in [1.29, 1.82) is 0 Å². The zero-order valence-corrected chi connectivity index (χ0v) is 15.1. The number of thiophene rings is 1. The third kappa shape index (κ3) is 2.11. The first-order valence-corrected chi connectivity index (χ1v) is 9.34. The zero-order chi connectivity index (χ0) is 17.0. The molecule has 0 aliphatic carbocycles. The maximum absolute atomic E-state index is 2.28. The van der Waals surface area contributed by atoms with Crippen molar-refractivity contribution < 1.29 is 4.57 Å². The van der Waals surface area contributed by atoms with E-state index >= 15 is 0 Å². The van der Waals surface area contributed by atoms with Crippen LogP contribution >= 0.6 is 11.3 Å². The lowest BCUT2D eigenvalue weighted by atomic mass is 9.97. The highest BCUT2D eigenvalue weighted by atomic mass is 32.1. The normalized spacial score (nSPS) is 11.6. The summed E-state index contributed by atoms with van der Waals surface area (Å²) in [4.78, 5) is 0. The Morgan fingerprint density at radius 3 is 2.40 bits per heavy atom. The molecule has 0 saturated heterocycles. The lowest BCUT2D eigenvalue weighted by Crippen LogP contribution is -2.30. The number of hydrogen-bond acceptors (Lipinski definition) is 1. The summed E-state index contributed by atoms with van der Waals surface area (Å²) in [6.07, 6.45) is 2.17. The Bertz CT molecular complexity index is 1260. The fourth-order valence-corrected chi connectivity index (χ4v) is 5.11. The van der Waals surface area contributed by atoms with Crippen molar-refractivity contribution in [2.75, 3.05) is 0 Å². The van der Waals surface area contributed by atoms with Crippen LogP contribution in [0.15, 0.2) is 72.9 Å². The van der Waals surface area contributed by atoms with Gasteiger partial charge in [0.05, 0.1) is 10.9 Å². The molecule has 0 radical (unpaired) electrons. The summed E-state index contributed by atoms with van der Waals surface area (Å²) >= 11 is 1.90. The number of aromatic nitrogens is 1. The molecule has 1 nitrogen and oxygen atoms in total. The number of benzene rings is 3. The van der Waals surface area contributed by atoms with Gasteiger partial charge in [0, 0.05) is 26.2 Å². The third-order valence-corrected chi connectivity index (χ3v) is 6.24. The molecule has 3 aromatic carbocycles. The molecule has 120 valence electrons. The molecule has 0 bridgehead atoms. The number of rotatable bonds is 1. The van der Waals surface area contributed by atoms with E-state index in [0.29, 0.717) is 0 Å². The summed E-state index contributed by atoms with van der Waals surface area (Å²) in [5.41, 5.74) is 3.98. The smallest absolute Gasteiger partial charge is 0.200 e. The number of fused-ring (bicyclic) bond motifs is 4. The molecular weight excluding hydrogens is 322 g/mol. The van der Waals surface area contributed by atoms with Gasteiger partial charge in [-0.2, -0.15) is 0 Å². The van der Waals surface area contributed by atoms with Crippen LogP contribution in [-0.4, -0.2) is 0 Å². The highest BCUT2D eigenvalue weighted by Crippen LogP contribution is 2.42. The van der Waals surface area contributed by atoms with E-state index in [1.54, 1.807) is 0 Å². The zero-order valence-electron chi connectivity index (χ0n) is 14.3. The molecule has 5 rings (SSSR count). The Morgan fingerprint density at radius 1 is 0.760 bits per heavy atom. The molecule has 0 amide bonds. The number of pyridine rings is 1. The van der Waals surface area contributed by atoms with E-state index in [9.17, 15) is 0 Å². The van der Waals surface area contributed by atoms with Crippen molar-refractivity contribution in [3.8, 4) is 11.3 Å². The Kier molecular flexibility index (Phi) is 3.16. The second-order valence-corrected chi connectivity index (χ2v) is 7.65. The van der Waals surface area contributed by atoms with Crippen LogP contribution in [0.3, 0.4) is 0 Å². The van der Waals surface area contributed by atoms with Gasteiger partial charge in [-0.15, -0.1) is 11.3 Å². The quantitative estimate of drug-likeness (QED) is 0.329. The SMILES string of the molecule is Cc1ccc2c(sc3ccccc32)c1-c1c2ccccc2cc[n+]1C. The average molecular weight is 340 g/mol. The van der Waals surface area contributed by atoms with E-state index in [-0.39, 0.29) is 0 Å². The van der Waals surface area contributed by atoms with Crippen LogP contribution in [0.1, 0.15) is 5.56 Å². The molecule has 5 aromatic rings. The summed E-state index contributed by atoms with van der Waals surface area (Å²) in [6, 6.07) is 24.1. The molecule has 0 unspecified atom stereocenters.